The van der Waals surface area contributed by atoms with Crippen LogP contribution in [0.3, 0.4) is 0 Å². The SMILES string of the molecule is O=C1CCC=C(N2CCOCC2)C1O. The van der Waals surface area contributed by atoms with Gasteiger partial charge in [0.1, 0.15) is 0 Å². The molecule has 2 rings (SSSR count). The minimum Gasteiger partial charge on any atom is -0.379 e. The number of morpholine rings is 1. The number of allylic oxidation sites excluding steroid dienone is 1. The molecule has 1 atom stereocenters. The lowest BCUT2D eigenvalue weighted by Crippen LogP contribution is -2.42. The fraction of sp³-hybridized carbons (Fsp3) is 0.700. The Labute approximate surface area is 83.2 Å². The summed E-state index contributed by atoms with van der Waals surface area (Å²) in [5.41, 5.74) is 0.782. The van der Waals surface area contributed by atoms with Crippen LogP contribution in [-0.2, 0) is 9.53 Å². The molecule has 14 heavy (non-hydrogen) atoms. The summed E-state index contributed by atoms with van der Waals surface area (Å²) >= 11 is 0. The number of carbonyl (C=O) groups is 1. The summed E-state index contributed by atoms with van der Waals surface area (Å²) in [5.74, 6) is -0.0611. The van der Waals surface area contributed by atoms with E-state index >= 15 is 0 Å². The van der Waals surface area contributed by atoms with Crippen LogP contribution in [-0.4, -0.2) is 48.2 Å². The molecular weight excluding hydrogens is 182 g/mol. The van der Waals surface area contributed by atoms with Crippen molar-refractivity contribution in [2.24, 2.45) is 0 Å². The van der Waals surface area contributed by atoms with Crippen LogP contribution in [0.4, 0.5) is 0 Å². The number of rotatable bonds is 1. The molecule has 0 bridgehead atoms. The summed E-state index contributed by atoms with van der Waals surface area (Å²) in [6, 6.07) is 0. The Kier molecular flexibility index (Phi) is 2.84. The van der Waals surface area contributed by atoms with Gasteiger partial charge in [-0.15, -0.1) is 0 Å². The van der Waals surface area contributed by atoms with Crippen molar-refractivity contribution in [1.82, 2.24) is 4.90 Å². The molecule has 0 aromatic heterocycles. The lowest BCUT2D eigenvalue weighted by atomic mass is 9.99. The van der Waals surface area contributed by atoms with Gasteiger partial charge in [-0.3, -0.25) is 4.79 Å². The second-order valence-electron chi connectivity index (χ2n) is 3.64. The van der Waals surface area contributed by atoms with Gasteiger partial charge in [-0.1, -0.05) is 6.08 Å². The van der Waals surface area contributed by atoms with Crippen LogP contribution < -0.4 is 0 Å². The average Bonchev–Trinajstić information content (AvgIpc) is 2.23. The van der Waals surface area contributed by atoms with Crippen LogP contribution in [0, 0.1) is 0 Å². The zero-order valence-electron chi connectivity index (χ0n) is 8.11. The Morgan fingerprint density at radius 1 is 1.43 bits per heavy atom. The third-order valence-corrected chi connectivity index (χ3v) is 2.71. The third kappa shape index (κ3) is 1.81. The van der Waals surface area contributed by atoms with Gasteiger partial charge in [-0.05, 0) is 6.42 Å². The fourth-order valence-corrected chi connectivity index (χ4v) is 1.90. The molecular formula is C10H15NO3. The van der Waals surface area contributed by atoms with Crippen LogP contribution in [0.25, 0.3) is 0 Å². The van der Waals surface area contributed by atoms with Gasteiger partial charge >= 0.3 is 0 Å². The van der Waals surface area contributed by atoms with E-state index in [4.69, 9.17) is 4.74 Å². The van der Waals surface area contributed by atoms with Crippen LogP contribution in [0.1, 0.15) is 12.8 Å². The van der Waals surface area contributed by atoms with E-state index in [-0.39, 0.29) is 5.78 Å². The molecule has 1 unspecified atom stereocenters. The van der Waals surface area contributed by atoms with E-state index in [1.165, 1.54) is 0 Å². The van der Waals surface area contributed by atoms with Gasteiger partial charge < -0.3 is 14.7 Å². The normalized spacial score (nSPS) is 28.9. The molecule has 1 aliphatic carbocycles. The predicted molar refractivity (Wildman–Crippen MR) is 50.7 cm³/mol. The Hall–Kier alpha value is -0.870. The van der Waals surface area contributed by atoms with E-state index in [9.17, 15) is 9.90 Å². The number of carbonyl (C=O) groups excluding carboxylic acids is 1. The summed E-state index contributed by atoms with van der Waals surface area (Å²) in [6.45, 7) is 2.91. The molecule has 78 valence electrons. The summed E-state index contributed by atoms with van der Waals surface area (Å²) in [4.78, 5) is 13.3. The largest absolute Gasteiger partial charge is 0.379 e. The first kappa shape index (κ1) is 9.68. The van der Waals surface area contributed by atoms with Crippen molar-refractivity contribution in [2.45, 2.75) is 18.9 Å². The summed E-state index contributed by atoms with van der Waals surface area (Å²) in [6.07, 6.45) is 2.29. The first-order valence-corrected chi connectivity index (χ1v) is 5.02. The quantitative estimate of drug-likeness (QED) is 0.639. The molecule has 1 aliphatic heterocycles. The van der Waals surface area contributed by atoms with E-state index in [0.717, 1.165) is 25.2 Å². The Morgan fingerprint density at radius 3 is 2.86 bits per heavy atom. The van der Waals surface area contributed by atoms with Crippen molar-refractivity contribution in [3.05, 3.63) is 11.8 Å². The summed E-state index contributed by atoms with van der Waals surface area (Å²) in [7, 11) is 0. The molecule has 2 aliphatic rings. The maximum Gasteiger partial charge on any atom is 0.167 e. The maximum atomic E-state index is 11.3. The first-order valence-electron chi connectivity index (χ1n) is 5.02. The van der Waals surface area contributed by atoms with Gasteiger partial charge in [0.15, 0.2) is 11.9 Å². The topological polar surface area (TPSA) is 49.8 Å². The van der Waals surface area contributed by atoms with Crippen molar-refractivity contribution >= 4 is 5.78 Å². The Morgan fingerprint density at radius 2 is 2.14 bits per heavy atom. The molecule has 1 N–H and O–H groups in total. The molecule has 0 spiro atoms. The Balaban J connectivity index is 2.07. The fourth-order valence-electron chi connectivity index (χ4n) is 1.90. The lowest BCUT2D eigenvalue weighted by molar-refractivity contribution is -0.127. The Bertz CT molecular complexity index is 256. The number of ketones is 1. The average molecular weight is 197 g/mol. The van der Waals surface area contributed by atoms with Crippen molar-refractivity contribution in [3.63, 3.8) is 0 Å². The minimum absolute atomic E-state index is 0.0611. The second-order valence-corrected chi connectivity index (χ2v) is 3.64. The van der Waals surface area contributed by atoms with Crippen molar-refractivity contribution in [3.8, 4) is 0 Å². The number of hydrogen-bond acceptors (Lipinski definition) is 4. The van der Waals surface area contributed by atoms with Crippen LogP contribution >= 0.6 is 0 Å². The van der Waals surface area contributed by atoms with E-state index in [0.29, 0.717) is 19.6 Å². The maximum absolute atomic E-state index is 11.3. The van der Waals surface area contributed by atoms with Crippen molar-refractivity contribution in [1.29, 1.82) is 0 Å². The van der Waals surface area contributed by atoms with E-state index < -0.39 is 6.10 Å². The summed E-state index contributed by atoms with van der Waals surface area (Å²) in [5, 5.41) is 9.69. The molecule has 0 aromatic rings. The lowest BCUT2D eigenvalue weighted by Gasteiger charge is -2.34. The molecule has 0 aromatic carbocycles. The molecule has 4 nitrogen and oxygen atoms in total. The third-order valence-electron chi connectivity index (χ3n) is 2.71. The van der Waals surface area contributed by atoms with Crippen LogP contribution in [0.15, 0.2) is 11.8 Å². The highest BCUT2D eigenvalue weighted by molar-refractivity contribution is 5.86. The number of aliphatic hydroxyl groups is 1. The van der Waals surface area contributed by atoms with Crippen LogP contribution in [0.2, 0.25) is 0 Å². The van der Waals surface area contributed by atoms with Crippen molar-refractivity contribution < 1.29 is 14.6 Å². The highest BCUT2D eigenvalue weighted by Crippen LogP contribution is 2.20. The molecule has 0 saturated carbocycles. The van der Waals surface area contributed by atoms with Gasteiger partial charge in [0, 0.05) is 25.2 Å². The summed E-state index contributed by atoms with van der Waals surface area (Å²) < 4.78 is 5.22. The van der Waals surface area contributed by atoms with E-state index in [1.807, 2.05) is 11.0 Å². The predicted octanol–water partition coefficient (Wildman–Crippen LogP) is -0.0737. The van der Waals surface area contributed by atoms with Gasteiger partial charge in [-0.2, -0.15) is 0 Å². The number of nitrogens with zero attached hydrogens (tertiary/aromatic N) is 1. The molecule has 0 amide bonds. The van der Waals surface area contributed by atoms with Crippen molar-refractivity contribution in [2.75, 3.05) is 26.3 Å². The van der Waals surface area contributed by atoms with E-state index in [1.54, 1.807) is 0 Å². The standard InChI is InChI=1S/C10H15NO3/c12-9-3-1-2-8(10(9)13)11-4-6-14-7-5-11/h2,10,13H,1,3-7H2. The number of Topliss-reactive ketones (excluding diaryl/α,β-unsaturated/α-hetero) is 1. The van der Waals surface area contributed by atoms with Gasteiger partial charge in [-0.25, -0.2) is 0 Å². The number of ether oxygens (including phenoxy) is 1. The van der Waals surface area contributed by atoms with Gasteiger partial charge in [0.05, 0.1) is 13.2 Å². The molecule has 0 radical (unpaired) electrons. The van der Waals surface area contributed by atoms with Gasteiger partial charge in [0.25, 0.3) is 0 Å². The zero-order chi connectivity index (χ0) is 9.97. The number of hydrogen-bond donors (Lipinski definition) is 1. The molecule has 1 fully saturated rings. The van der Waals surface area contributed by atoms with Crippen LogP contribution in [0.5, 0.6) is 0 Å². The van der Waals surface area contributed by atoms with E-state index in [2.05, 4.69) is 0 Å². The highest BCUT2D eigenvalue weighted by atomic mass is 16.5. The second kappa shape index (κ2) is 4.11. The van der Waals surface area contributed by atoms with Gasteiger partial charge in [0.2, 0.25) is 0 Å². The molecule has 1 saturated heterocycles. The minimum atomic E-state index is -0.901. The molecule has 1 heterocycles. The molecule has 4 heteroatoms. The first-order chi connectivity index (χ1) is 6.79. The monoisotopic (exact) mass is 197 g/mol. The zero-order valence-corrected chi connectivity index (χ0v) is 8.11. The highest BCUT2D eigenvalue weighted by Gasteiger charge is 2.27. The smallest absolute Gasteiger partial charge is 0.167 e. The number of aliphatic hydroxyl groups excluding tert-OH is 1.